The lowest BCUT2D eigenvalue weighted by atomic mass is 9.78. The van der Waals surface area contributed by atoms with Gasteiger partial charge in [-0.3, -0.25) is 4.79 Å². The zero-order valence-corrected chi connectivity index (χ0v) is 12.6. The number of carbonyl (C=O) groups excluding carboxylic acids is 1. The highest BCUT2D eigenvalue weighted by Gasteiger charge is 2.40. The third-order valence-corrected chi connectivity index (χ3v) is 5.37. The van der Waals surface area contributed by atoms with Crippen LogP contribution < -0.4 is 5.73 Å². The van der Waals surface area contributed by atoms with Crippen LogP contribution in [0.3, 0.4) is 0 Å². The lowest BCUT2D eigenvalue weighted by Gasteiger charge is -2.29. The molecule has 1 saturated carbocycles. The Balaban J connectivity index is 1.80. The molecule has 0 bridgehead atoms. The number of hydrogen-bond acceptors (Lipinski definition) is 2. The summed E-state index contributed by atoms with van der Waals surface area (Å²) in [6, 6.07) is 5.89. The van der Waals surface area contributed by atoms with Gasteiger partial charge in [-0.25, -0.2) is 0 Å². The van der Waals surface area contributed by atoms with E-state index >= 15 is 0 Å². The molecular formula is C16H21ClN2O. The van der Waals surface area contributed by atoms with Crippen molar-refractivity contribution in [1.82, 2.24) is 4.90 Å². The van der Waals surface area contributed by atoms with E-state index in [2.05, 4.69) is 0 Å². The summed E-state index contributed by atoms with van der Waals surface area (Å²) in [5.41, 5.74) is 7.78. The lowest BCUT2D eigenvalue weighted by molar-refractivity contribution is 0.0783. The summed E-state index contributed by atoms with van der Waals surface area (Å²) in [5.74, 6) is 1.10. The molecule has 1 amide bonds. The monoisotopic (exact) mass is 292 g/mol. The number of hydrogen-bond donors (Lipinski definition) is 1. The van der Waals surface area contributed by atoms with E-state index in [9.17, 15) is 4.79 Å². The molecular weight excluding hydrogens is 272 g/mol. The van der Waals surface area contributed by atoms with E-state index in [-0.39, 0.29) is 11.9 Å². The average Bonchev–Trinajstić information content (AvgIpc) is 2.87. The lowest BCUT2D eigenvalue weighted by Crippen LogP contribution is -2.38. The minimum atomic E-state index is 0.0558. The van der Waals surface area contributed by atoms with Gasteiger partial charge in [0, 0.05) is 19.1 Å². The minimum absolute atomic E-state index is 0.0558. The minimum Gasteiger partial charge on any atom is -0.338 e. The normalized spacial score (nSPS) is 29.4. The first-order chi connectivity index (χ1) is 9.58. The molecule has 3 unspecified atom stereocenters. The highest BCUT2D eigenvalue weighted by atomic mass is 35.5. The molecule has 0 aromatic heterocycles. The standard InChI is InChI=1S/C16H21ClN2O/c1-10-4-2-6-12(15(10)17)16(20)19-8-11-5-3-7-14(18)13(11)9-19/h2,4,6,11,13-14H,3,5,7-9,18H2,1H3. The summed E-state index contributed by atoms with van der Waals surface area (Å²) in [6.45, 7) is 3.55. The maximum Gasteiger partial charge on any atom is 0.255 e. The van der Waals surface area contributed by atoms with Gasteiger partial charge in [0.1, 0.15) is 0 Å². The van der Waals surface area contributed by atoms with Gasteiger partial charge in [-0.2, -0.15) is 0 Å². The summed E-state index contributed by atoms with van der Waals surface area (Å²) >= 11 is 6.28. The van der Waals surface area contributed by atoms with E-state index in [0.717, 1.165) is 25.1 Å². The van der Waals surface area contributed by atoms with Gasteiger partial charge >= 0.3 is 0 Å². The second-order valence-corrected chi connectivity index (χ2v) is 6.54. The zero-order valence-electron chi connectivity index (χ0n) is 11.8. The Bertz CT molecular complexity index is 531. The first-order valence-corrected chi connectivity index (χ1v) is 7.75. The van der Waals surface area contributed by atoms with Crippen molar-refractivity contribution < 1.29 is 4.79 Å². The van der Waals surface area contributed by atoms with E-state index in [1.54, 1.807) is 0 Å². The van der Waals surface area contributed by atoms with Crippen LogP contribution in [0.2, 0.25) is 5.02 Å². The second kappa shape index (κ2) is 5.38. The molecule has 1 aliphatic carbocycles. The van der Waals surface area contributed by atoms with E-state index in [1.165, 1.54) is 12.8 Å². The first-order valence-electron chi connectivity index (χ1n) is 7.38. The Kier molecular flexibility index (Phi) is 3.74. The van der Waals surface area contributed by atoms with E-state index < -0.39 is 0 Å². The van der Waals surface area contributed by atoms with Crippen LogP contribution in [0.25, 0.3) is 0 Å². The van der Waals surface area contributed by atoms with Crippen molar-refractivity contribution in [1.29, 1.82) is 0 Å². The number of halogens is 1. The molecule has 1 aromatic rings. The number of nitrogens with zero attached hydrogens (tertiary/aromatic N) is 1. The molecule has 1 saturated heterocycles. The topological polar surface area (TPSA) is 46.3 Å². The predicted molar refractivity (Wildman–Crippen MR) is 80.9 cm³/mol. The molecule has 20 heavy (non-hydrogen) atoms. The van der Waals surface area contributed by atoms with Gasteiger partial charge in [0.05, 0.1) is 10.6 Å². The predicted octanol–water partition coefficient (Wildman–Crippen LogP) is 2.85. The Morgan fingerprint density at radius 2 is 2.15 bits per heavy atom. The van der Waals surface area contributed by atoms with Gasteiger partial charge in [-0.15, -0.1) is 0 Å². The van der Waals surface area contributed by atoms with E-state index in [4.69, 9.17) is 17.3 Å². The Hall–Kier alpha value is -1.06. The van der Waals surface area contributed by atoms with Crippen molar-refractivity contribution >= 4 is 17.5 Å². The van der Waals surface area contributed by atoms with Gasteiger partial charge < -0.3 is 10.6 Å². The maximum absolute atomic E-state index is 12.7. The SMILES string of the molecule is Cc1cccc(C(=O)N2CC3CCCC(N)C3C2)c1Cl. The van der Waals surface area contributed by atoms with Crippen LogP contribution in [-0.2, 0) is 0 Å². The summed E-state index contributed by atoms with van der Waals surface area (Å²) in [4.78, 5) is 14.6. The fourth-order valence-electron chi connectivity index (χ4n) is 3.67. The number of rotatable bonds is 1. The third-order valence-electron chi connectivity index (χ3n) is 4.86. The van der Waals surface area contributed by atoms with Gasteiger partial charge in [0.2, 0.25) is 0 Å². The molecule has 3 atom stereocenters. The molecule has 108 valence electrons. The van der Waals surface area contributed by atoms with E-state index in [0.29, 0.717) is 22.4 Å². The number of nitrogens with two attached hydrogens (primary N) is 1. The number of amides is 1. The molecule has 2 N–H and O–H groups in total. The molecule has 3 nitrogen and oxygen atoms in total. The molecule has 1 aliphatic heterocycles. The van der Waals surface area contributed by atoms with Gasteiger partial charge in [-0.1, -0.05) is 30.2 Å². The zero-order chi connectivity index (χ0) is 14.3. The summed E-state index contributed by atoms with van der Waals surface area (Å²) in [7, 11) is 0. The number of likely N-dealkylation sites (tertiary alicyclic amines) is 1. The summed E-state index contributed by atoms with van der Waals surface area (Å²) in [5, 5.41) is 0.580. The molecule has 1 aromatic carbocycles. The van der Waals surface area contributed by atoms with Crippen LogP contribution in [0.4, 0.5) is 0 Å². The quantitative estimate of drug-likeness (QED) is 0.865. The molecule has 2 aliphatic rings. The van der Waals surface area contributed by atoms with Crippen LogP contribution in [0.15, 0.2) is 18.2 Å². The van der Waals surface area contributed by atoms with Crippen LogP contribution in [-0.4, -0.2) is 29.9 Å². The number of fused-ring (bicyclic) bond motifs is 1. The molecule has 2 fully saturated rings. The largest absolute Gasteiger partial charge is 0.338 e. The number of carbonyl (C=O) groups is 1. The number of aryl methyl sites for hydroxylation is 1. The van der Waals surface area contributed by atoms with Crippen LogP contribution in [0.1, 0.15) is 35.2 Å². The van der Waals surface area contributed by atoms with Crippen molar-refractivity contribution in [3.8, 4) is 0 Å². The van der Waals surface area contributed by atoms with Crippen LogP contribution >= 0.6 is 11.6 Å². The van der Waals surface area contributed by atoms with Crippen molar-refractivity contribution in [2.75, 3.05) is 13.1 Å². The average molecular weight is 293 g/mol. The Labute approximate surface area is 125 Å². The summed E-state index contributed by atoms with van der Waals surface area (Å²) in [6.07, 6.45) is 3.48. The van der Waals surface area contributed by atoms with Crippen molar-refractivity contribution in [2.24, 2.45) is 17.6 Å². The fourth-order valence-corrected chi connectivity index (χ4v) is 3.87. The maximum atomic E-state index is 12.7. The molecule has 0 radical (unpaired) electrons. The molecule has 1 heterocycles. The van der Waals surface area contributed by atoms with Crippen LogP contribution in [0, 0.1) is 18.8 Å². The van der Waals surface area contributed by atoms with Gasteiger partial charge in [-0.05, 0) is 43.2 Å². The van der Waals surface area contributed by atoms with Gasteiger partial charge in [0.25, 0.3) is 5.91 Å². The molecule has 4 heteroatoms. The first kappa shape index (κ1) is 13.9. The van der Waals surface area contributed by atoms with Crippen molar-refractivity contribution in [3.05, 3.63) is 34.3 Å². The van der Waals surface area contributed by atoms with Gasteiger partial charge in [0.15, 0.2) is 0 Å². The molecule has 3 rings (SSSR count). The highest BCUT2D eigenvalue weighted by molar-refractivity contribution is 6.34. The third kappa shape index (κ3) is 2.33. The fraction of sp³-hybridized carbons (Fsp3) is 0.562. The number of benzene rings is 1. The van der Waals surface area contributed by atoms with Crippen molar-refractivity contribution in [3.63, 3.8) is 0 Å². The highest BCUT2D eigenvalue weighted by Crippen LogP contribution is 2.36. The van der Waals surface area contributed by atoms with Crippen molar-refractivity contribution in [2.45, 2.75) is 32.2 Å². The Morgan fingerprint density at radius 3 is 2.90 bits per heavy atom. The molecule has 0 spiro atoms. The smallest absolute Gasteiger partial charge is 0.255 e. The summed E-state index contributed by atoms with van der Waals surface area (Å²) < 4.78 is 0. The van der Waals surface area contributed by atoms with Crippen LogP contribution in [0.5, 0.6) is 0 Å². The Morgan fingerprint density at radius 1 is 1.35 bits per heavy atom. The second-order valence-electron chi connectivity index (χ2n) is 6.17. The van der Waals surface area contributed by atoms with E-state index in [1.807, 2.05) is 30.0 Å².